The van der Waals surface area contributed by atoms with Crippen LogP contribution in [0.4, 0.5) is 5.69 Å². The van der Waals surface area contributed by atoms with Crippen LogP contribution in [0.15, 0.2) is 18.5 Å². The first-order chi connectivity index (χ1) is 7.27. The van der Waals surface area contributed by atoms with E-state index in [1.54, 1.807) is 12.3 Å². The molecule has 4 heteroatoms. The van der Waals surface area contributed by atoms with Crippen LogP contribution in [0.3, 0.4) is 0 Å². The van der Waals surface area contributed by atoms with Gasteiger partial charge in [0.25, 0.3) is 0 Å². The summed E-state index contributed by atoms with van der Waals surface area (Å²) in [4.78, 5) is 14.7. The van der Waals surface area contributed by atoms with Gasteiger partial charge in [0.1, 0.15) is 5.56 Å². The summed E-state index contributed by atoms with van der Waals surface area (Å²) in [5.41, 5.74) is 0.939. The Labute approximate surface area is 88.3 Å². The minimum atomic E-state index is -0.927. The minimum Gasteiger partial charge on any atom is -0.478 e. The molecule has 1 aliphatic carbocycles. The monoisotopic (exact) mass is 206 g/mol. The number of carboxylic acid groups (broad SMARTS) is 1. The van der Waals surface area contributed by atoms with Crippen molar-refractivity contribution in [3.63, 3.8) is 0 Å². The first kappa shape index (κ1) is 9.96. The van der Waals surface area contributed by atoms with Crippen molar-refractivity contribution >= 4 is 11.7 Å². The normalized spacial score (nSPS) is 16.5. The SMILES string of the molecule is O=C(O)c1cnccc1NC1CCCC1. The number of carboxylic acids is 1. The van der Waals surface area contributed by atoms with Gasteiger partial charge in [-0.15, -0.1) is 0 Å². The van der Waals surface area contributed by atoms with Crippen molar-refractivity contribution in [3.05, 3.63) is 24.0 Å². The van der Waals surface area contributed by atoms with E-state index in [0.717, 1.165) is 12.8 Å². The standard InChI is InChI=1S/C11H14N2O2/c14-11(15)9-7-12-6-5-10(9)13-8-3-1-2-4-8/h5-8H,1-4H2,(H,12,13)(H,14,15). The maximum Gasteiger partial charge on any atom is 0.339 e. The average Bonchev–Trinajstić information content (AvgIpc) is 2.71. The number of aromatic nitrogens is 1. The van der Waals surface area contributed by atoms with Crippen LogP contribution in [-0.2, 0) is 0 Å². The first-order valence-corrected chi connectivity index (χ1v) is 5.21. The number of anilines is 1. The molecule has 1 saturated carbocycles. The molecule has 0 spiro atoms. The second-order valence-electron chi connectivity index (χ2n) is 3.85. The quantitative estimate of drug-likeness (QED) is 0.795. The summed E-state index contributed by atoms with van der Waals surface area (Å²) in [5, 5.41) is 12.2. The van der Waals surface area contributed by atoms with Gasteiger partial charge in [-0.05, 0) is 18.9 Å². The van der Waals surface area contributed by atoms with Gasteiger partial charge in [0.15, 0.2) is 0 Å². The number of rotatable bonds is 3. The topological polar surface area (TPSA) is 62.2 Å². The molecule has 0 atom stereocenters. The molecule has 80 valence electrons. The second kappa shape index (κ2) is 4.29. The van der Waals surface area contributed by atoms with E-state index >= 15 is 0 Å². The zero-order valence-corrected chi connectivity index (χ0v) is 8.44. The summed E-state index contributed by atoms with van der Waals surface area (Å²) in [6, 6.07) is 2.15. The highest BCUT2D eigenvalue weighted by Gasteiger charge is 2.17. The van der Waals surface area contributed by atoms with Crippen LogP contribution in [0.2, 0.25) is 0 Å². The molecule has 0 aliphatic heterocycles. The molecule has 1 aliphatic rings. The molecule has 1 aromatic rings. The lowest BCUT2D eigenvalue weighted by molar-refractivity contribution is 0.0697. The first-order valence-electron chi connectivity index (χ1n) is 5.21. The zero-order chi connectivity index (χ0) is 10.7. The van der Waals surface area contributed by atoms with Gasteiger partial charge in [-0.2, -0.15) is 0 Å². The predicted molar refractivity (Wildman–Crippen MR) is 57.1 cm³/mol. The Kier molecular flexibility index (Phi) is 2.85. The highest BCUT2D eigenvalue weighted by Crippen LogP contribution is 2.23. The largest absolute Gasteiger partial charge is 0.478 e. The van der Waals surface area contributed by atoms with Crippen molar-refractivity contribution in [2.45, 2.75) is 31.7 Å². The second-order valence-corrected chi connectivity index (χ2v) is 3.85. The van der Waals surface area contributed by atoms with Crippen LogP contribution in [0.25, 0.3) is 0 Å². The number of aromatic carboxylic acids is 1. The van der Waals surface area contributed by atoms with E-state index in [4.69, 9.17) is 5.11 Å². The molecule has 0 aromatic carbocycles. The molecule has 15 heavy (non-hydrogen) atoms. The average molecular weight is 206 g/mol. The third-order valence-corrected chi connectivity index (χ3v) is 2.77. The number of hydrogen-bond acceptors (Lipinski definition) is 3. The molecular formula is C11H14N2O2. The molecule has 0 amide bonds. The Morgan fingerprint density at radius 1 is 1.47 bits per heavy atom. The Morgan fingerprint density at radius 3 is 2.87 bits per heavy atom. The molecule has 0 bridgehead atoms. The number of hydrogen-bond donors (Lipinski definition) is 2. The lowest BCUT2D eigenvalue weighted by Crippen LogP contribution is -2.17. The van der Waals surface area contributed by atoms with E-state index in [-0.39, 0.29) is 5.56 Å². The lowest BCUT2D eigenvalue weighted by Gasteiger charge is -2.14. The van der Waals surface area contributed by atoms with E-state index in [2.05, 4.69) is 10.3 Å². The van der Waals surface area contributed by atoms with Crippen molar-refractivity contribution in [1.29, 1.82) is 0 Å². The van der Waals surface area contributed by atoms with E-state index < -0.39 is 5.97 Å². The maximum atomic E-state index is 10.9. The van der Waals surface area contributed by atoms with Gasteiger partial charge in [0.05, 0.1) is 5.69 Å². The highest BCUT2D eigenvalue weighted by molar-refractivity contribution is 5.93. The molecule has 1 fully saturated rings. The summed E-state index contributed by atoms with van der Waals surface area (Å²) in [5.74, 6) is -0.927. The van der Waals surface area contributed by atoms with Crippen LogP contribution < -0.4 is 5.32 Å². The van der Waals surface area contributed by atoms with Crippen molar-refractivity contribution in [2.75, 3.05) is 5.32 Å². The van der Waals surface area contributed by atoms with Gasteiger partial charge in [0.2, 0.25) is 0 Å². The lowest BCUT2D eigenvalue weighted by atomic mass is 10.2. The van der Waals surface area contributed by atoms with Gasteiger partial charge in [-0.1, -0.05) is 12.8 Å². The Bertz CT molecular complexity index is 359. The van der Waals surface area contributed by atoms with Gasteiger partial charge >= 0.3 is 5.97 Å². The predicted octanol–water partition coefficient (Wildman–Crippen LogP) is 2.13. The summed E-state index contributed by atoms with van der Waals surface area (Å²) < 4.78 is 0. The number of nitrogens with one attached hydrogen (secondary N) is 1. The van der Waals surface area contributed by atoms with Crippen molar-refractivity contribution in [2.24, 2.45) is 0 Å². The fourth-order valence-corrected chi connectivity index (χ4v) is 1.98. The Hall–Kier alpha value is -1.58. The molecular weight excluding hydrogens is 192 g/mol. The van der Waals surface area contributed by atoms with E-state index in [1.807, 2.05) is 0 Å². The number of pyridine rings is 1. The van der Waals surface area contributed by atoms with Gasteiger partial charge in [-0.3, -0.25) is 4.98 Å². The smallest absolute Gasteiger partial charge is 0.339 e. The van der Waals surface area contributed by atoms with E-state index in [1.165, 1.54) is 19.0 Å². The molecule has 0 radical (unpaired) electrons. The summed E-state index contributed by atoms with van der Waals surface area (Å²) in [6.07, 6.45) is 7.71. The van der Waals surface area contributed by atoms with Crippen LogP contribution in [0.1, 0.15) is 36.0 Å². The van der Waals surface area contributed by atoms with Crippen LogP contribution >= 0.6 is 0 Å². The number of nitrogens with zero attached hydrogens (tertiary/aromatic N) is 1. The van der Waals surface area contributed by atoms with Crippen LogP contribution in [-0.4, -0.2) is 22.1 Å². The van der Waals surface area contributed by atoms with Crippen molar-refractivity contribution < 1.29 is 9.90 Å². The highest BCUT2D eigenvalue weighted by atomic mass is 16.4. The fourth-order valence-electron chi connectivity index (χ4n) is 1.98. The minimum absolute atomic E-state index is 0.254. The third kappa shape index (κ3) is 2.26. The molecule has 4 nitrogen and oxygen atoms in total. The zero-order valence-electron chi connectivity index (χ0n) is 8.44. The van der Waals surface area contributed by atoms with Gasteiger partial charge < -0.3 is 10.4 Å². The fraction of sp³-hybridized carbons (Fsp3) is 0.455. The van der Waals surface area contributed by atoms with E-state index in [0.29, 0.717) is 11.7 Å². The molecule has 0 saturated heterocycles. The van der Waals surface area contributed by atoms with Crippen molar-refractivity contribution in [3.8, 4) is 0 Å². The Morgan fingerprint density at radius 2 is 2.20 bits per heavy atom. The summed E-state index contributed by atoms with van der Waals surface area (Å²) in [6.45, 7) is 0. The maximum absolute atomic E-state index is 10.9. The Balaban J connectivity index is 2.15. The molecule has 2 rings (SSSR count). The van der Waals surface area contributed by atoms with Gasteiger partial charge in [-0.25, -0.2) is 4.79 Å². The third-order valence-electron chi connectivity index (χ3n) is 2.77. The molecule has 0 unspecified atom stereocenters. The van der Waals surface area contributed by atoms with Gasteiger partial charge in [0, 0.05) is 18.4 Å². The summed E-state index contributed by atoms with van der Waals surface area (Å²) >= 11 is 0. The van der Waals surface area contributed by atoms with Crippen LogP contribution in [0.5, 0.6) is 0 Å². The van der Waals surface area contributed by atoms with Crippen LogP contribution in [0, 0.1) is 0 Å². The number of carbonyl (C=O) groups is 1. The van der Waals surface area contributed by atoms with E-state index in [9.17, 15) is 4.79 Å². The van der Waals surface area contributed by atoms with Crippen molar-refractivity contribution in [1.82, 2.24) is 4.98 Å². The molecule has 1 aromatic heterocycles. The molecule has 2 N–H and O–H groups in total. The molecule has 1 heterocycles. The summed E-state index contributed by atoms with van der Waals surface area (Å²) in [7, 11) is 0.